The molecule has 1 amide bonds. The Morgan fingerprint density at radius 2 is 2.10 bits per heavy atom. The van der Waals surface area contributed by atoms with Crippen molar-refractivity contribution < 1.29 is 19.4 Å². The maximum Gasteiger partial charge on any atom is 0.231 e. The largest absolute Gasteiger partial charge is 0.387 e. The van der Waals surface area contributed by atoms with Gasteiger partial charge < -0.3 is 20.4 Å². The van der Waals surface area contributed by atoms with Gasteiger partial charge in [0, 0.05) is 42.2 Å². The average Bonchev–Trinajstić information content (AvgIpc) is 3.48. The number of fused-ring (bicyclic) bond motifs is 1. The van der Waals surface area contributed by atoms with E-state index in [1.165, 1.54) is 0 Å². The first-order valence-electron chi connectivity index (χ1n) is 10.5. The first-order valence-corrected chi connectivity index (χ1v) is 10.5. The van der Waals surface area contributed by atoms with Crippen LogP contribution in [0, 0.1) is 12.8 Å². The van der Waals surface area contributed by atoms with Gasteiger partial charge in [0.15, 0.2) is 6.23 Å². The summed E-state index contributed by atoms with van der Waals surface area (Å²) in [4.78, 5) is 22.4. The Hall–Kier alpha value is -2.84. The number of pyridine rings is 2. The Morgan fingerprint density at radius 1 is 1.35 bits per heavy atom. The van der Waals surface area contributed by atoms with E-state index in [-0.39, 0.29) is 12.3 Å². The summed E-state index contributed by atoms with van der Waals surface area (Å²) in [5, 5.41) is 23.8. The molecule has 0 saturated heterocycles. The van der Waals surface area contributed by atoms with Crippen molar-refractivity contribution in [3.05, 3.63) is 46.9 Å². The van der Waals surface area contributed by atoms with Gasteiger partial charge in [0.25, 0.3) is 0 Å². The fourth-order valence-corrected chi connectivity index (χ4v) is 3.88. The summed E-state index contributed by atoms with van der Waals surface area (Å²) in [6.07, 6.45) is 4.31. The van der Waals surface area contributed by atoms with E-state index in [9.17, 15) is 19.4 Å². The highest BCUT2D eigenvalue weighted by Crippen LogP contribution is 2.38. The molecule has 8 heteroatoms. The molecule has 4 rings (SSSR count). The SMILES string of the molecule is CCC[C@H](O)c1cc(C)c(C2=Cc3cnc(NC(=O)[C@@H]4C[C@@H]4F)cc3N(C)C2O)cn1. The lowest BCUT2D eigenvalue weighted by atomic mass is 9.94. The smallest absolute Gasteiger partial charge is 0.231 e. The molecule has 2 aromatic rings. The maximum atomic E-state index is 13.1. The predicted molar refractivity (Wildman–Crippen MR) is 117 cm³/mol. The number of amides is 1. The molecule has 1 saturated carbocycles. The number of aliphatic hydroxyl groups is 2. The van der Waals surface area contributed by atoms with Gasteiger partial charge in [-0.25, -0.2) is 9.37 Å². The topological polar surface area (TPSA) is 98.6 Å². The van der Waals surface area contributed by atoms with Crippen LogP contribution in [0.4, 0.5) is 15.9 Å². The maximum absolute atomic E-state index is 13.1. The third-order valence-corrected chi connectivity index (χ3v) is 5.90. The van der Waals surface area contributed by atoms with Crippen LogP contribution in [0.15, 0.2) is 24.5 Å². The number of nitrogens with one attached hydrogen (secondary N) is 1. The minimum absolute atomic E-state index is 0.253. The molecule has 31 heavy (non-hydrogen) atoms. The number of nitrogens with zero attached hydrogens (tertiary/aromatic N) is 3. The van der Waals surface area contributed by atoms with Crippen molar-refractivity contribution in [1.29, 1.82) is 0 Å². The molecule has 7 nitrogen and oxygen atoms in total. The Morgan fingerprint density at radius 3 is 2.74 bits per heavy atom. The first kappa shape index (κ1) is 21.4. The van der Waals surface area contributed by atoms with Crippen molar-refractivity contribution in [3.63, 3.8) is 0 Å². The van der Waals surface area contributed by atoms with Gasteiger partial charge in [-0.05, 0) is 37.5 Å². The highest BCUT2D eigenvalue weighted by molar-refractivity contribution is 5.96. The van der Waals surface area contributed by atoms with Crippen molar-refractivity contribution in [2.24, 2.45) is 5.92 Å². The van der Waals surface area contributed by atoms with Crippen molar-refractivity contribution in [2.75, 3.05) is 17.3 Å². The number of aliphatic hydroxyl groups excluding tert-OH is 2. The minimum Gasteiger partial charge on any atom is -0.387 e. The Labute approximate surface area is 180 Å². The second-order valence-electron chi connectivity index (χ2n) is 8.29. The van der Waals surface area contributed by atoms with Crippen molar-refractivity contribution in [1.82, 2.24) is 9.97 Å². The standard InChI is InChI=1S/C23H27FN4O3/c1-4-5-20(29)18-6-12(2)16(11-25-18)14-7-13-10-26-21(9-19(13)28(3)23(14)31)27-22(30)15-8-17(15)24/h6-7,9-11,15,17,20,23,29,31H,4-5,8H2,1-3H3,(H,26,27,30)/t15-,17+,20+,23?/m1/s1. The molecule has 0 aromatic carbocycles. The van der Waals surface area contributed by atoms with Crippen LogP contribution in [0.1, 0.15) is 54.7 Å². The van der Waals surface area contributed by atoms with Crippen LogP contribution in [0.5, 0.6) is 0 Å². The van der Waals surface area contributed by atoms with Crippen LogP contribution in [-0.2, 0) is 4.79 Å². The molecule has 0 radical (unpaired) electrons. The fraction of sp³-hybridized carbons (Fsp3) is 0.435. The third kappa shape index (κ3) is 4.18. The molecular formula is C23H27FN4O3. The number of carbonyl (C=O) groups is 1. The lowest BCUT2D eigenvalue weighted by Crippen LogP contribution is -2.35. The molecule has 4 atom stereocenters. The van der Waals surface area contributed by atoms with E-state index in [0.717, 1.165) is 23.1 Å². The zero-order chi connectivity index (χ0) is 22.3. The summed E-state index contributed by atoms with van der Waals surface area (Å²) in [7, 11) is 1.75. The quantitative estimate of drug-likeness (QED) is 0.656. The van der Waals surface area contributed by atoms with E-state index in [2.05, 4.69) is 15.3 Å². The van der Waals surface area contributed by atoms with Crippen LogP contribution in [0.25, 0.3) is 11.6 Å². The van der Waals surface area contributed by atoms with Gasteiger partial charge in [-0.15, -0.1) is 0 Å². The van der Waals surface area contributed by atoms with Gasteiger partial charge in [-0.2, -0.15) is 0 Å². The van der Waals surface area contributed by atoms with Crippen LogP contribution in [0.3, 0.4) is 0 Å². The van der Waals surface area contributed by atoms with E-state index < -0.39 is 24.4 Å². The summed E-state index contributed by atoms with van der Waals surface area (Å²) in [6, 6.07) is 3.53. The molecule has 0 spiro atoms. The zero-order valence-electron chi connectivity index (χ0n) is 17.8. The van der Waals surface area contributed by atoms with Crippen molar-refractivity contribution in [3.8, 4) is 0 Å². The third-order valence-electron chi connectivity index (χ3n) is 5.90. The molecule has 1 aliphatic carbocycles. The van der Waals surface area contributed by atoms with Gasteiger partial charge in [0.1, 0.15) is 12.0 Å². The van der Waals surface area contributed by atoms with Crippen LogP contribution >= 0.6 is 0 Å². The monoisotopic (exact) mass is 426 g/mol. The molecule has 1 fully saturated rings. The van der Waals surface area contributed by atoms with Gasteiger partial charge >= 0.3 is 0 Å². The Kier molecular flexibility index (Phi) is 5.77. The second-order valence-corrected chi connectivity index (χ2v) is 8.29. The van der Waals surface area contributed by atoms with Crippen molar-refractivity contribution in [2.45, 2.75) is 51.6 Å². The van der Waals surface area contributed by atoms with E-state index in [4.69, 9.17) is 0 Å². The Balaban J connectivity index is 1.62. The summed E-state index contributed by atoms with van der Waals surface area (Å²) in [5.41, 5.74) is 4.48. The average molecular weight is 426 g/mol. The number of likely N-dealkylation sites (N-methyl/N-ethyl adjacent to an activating group) is 1. The lowest BCUT2D eigenvalue weighted by Gasteiger charge is -2.33. The van der Waals surface area contributed by atoms with Crippen molar-refractivity contribution >= 4 is 29.1 Å². The second kappa shape index (κ2) is 8.36. The van der Waals surface area contributed by atoms with E-state index in [0.29, 0.717) is 29.2 Å². The van der Waals surface area contributed by atoms with Gasteiger partial charge in [-0.3, -0.25) is 9.78 Å². The highest BCUT2D eigenvalue weighted by Gasteiger charge is 2.43. The van der Waals surface area contributed by atoms with Crippen LogP contribution in [0.2, 0.25) is 0 Å². The fourth-order valence-electron chi connectivity index (χ4n) is 3.88. The lowest BCUT2D eigenvalue weighted by molar-refractivity contribution is -0.117. The summed E-state index contributed by atoms with van der Waals surface area (Å²) in [5.74, 6) is -0.643. The Bertz CT molecular complexity index is 1040. The number of rotatable bonds is 6. The minimum atomic E-state index is -1.07. The molecule has 1 unspecified atom stereocenters. The number of aryl methyl sites for hydroxylation is 1. The summed E-state index contributed by atoms with van der Waals surface area (Å²) < 4.78 is 13.1. The summed E-state index contributed by atoms with van der Waals surface area (Å²) in [6.45, 7) is 3.94. The molecule has 2 aliphatic rings. The van der Waals surface area contributed by atoms with Gasteiger partial charge in [-0.1, -0.05) is 13.3 Å². The predicted octanol–water partition coefficient (Wildman–Crippen LogP) is 3.22. The van der Waals surface area contributed by atoms with Gasteiger partial charge in [0.05, 0.1) is 23.4 Å². The van der Waals surface area contributed by atoms with Crippen LogP contribution in [-0.4, -0.2) is 45.5 Å². The normalized spacial score (nSPS) is 23.1. The van der Waals surface area contributed by atoms with Crippen LogP contribution < -0.4 is 10.2 Å². The van der Waals surface area contributed by atoms with E-state index in [1.54, 1.807) is 30.4 Å². The number of halogens is 1. The number of aromatic nitrogens is 2. The molecular weight excluding hydrogens is 399 g/mol. The highest BCUT2D eigenvalue weighted by atomic mass is 19.1. The molecule has 3 N–H and O–H groups in total. The number of hydrogen-bond acceptors (Lipinski definition) is 6. The molecule has 3 heterocycles. The molecule has 1 aliphatic heterocycles. The molecule has 0 bridgehead atoms. The first-order chi connectivity index (χ1) is 14.8. The molecule has 164 valence electrons. The summed E-state index contributed by atoms with van der Waals surface area (Å²) >= 11 is 0. The number of hydrogen-bond donors (Lipinski definition) is 3. The number of alkyl halides is 1. The number of carbonyl (C=O) groups excluding carboxylic acids is 1. The van der Waals surface area contributed by atoms with E-state index >= 15 is 0 Å². The van der Waals surface area contributed by atoms with Gasteiger partial charge in [0.2, 0.25) is 5.91 Å². The zero-order valence-corrected chi connectivity index (χ0v) is 17.8. The molecule has 2 aromatic heterocycles. The number of anilines is 2. The van der Waals surface area contributed by atoms with E-state index in [1.807, 2.05) is 26.0 Å².